The molecular formula is C14H28N2. The highest BCUT2D eigenvalue weighted by Gasteiger charge is 2.20. The van der Waals surface area contributed by atoms with E-state index in [9.17, 15) is 0 Å². The summed E-state index contributed by atoms with van der Waals surface area (Å²) in [5.41, 5.74) is 0. The molecule has 0 amide bonds. The van der Waals surface area contributed by atoms with Crippen LogP contribution in [0.15, 0.2) is 0 Å². The van der Waals surface area contributed by atoms with Crippen LogP contribution in [0.3, 0.4) is 0 Å². The standard InChI is InChI=1S/C14H28N2/c1-13-11-14(7-8-15-13)12-16-9-5-3-2-4-6-10-16/h13-15H,2-12H2,1H3. The van der Waals surface area contributed by atoms with Crippen LogP contribution in [0.2, 0.25) is 0 Å². The van der Waals surface area contributed by atoms with Crippen LogP contribution in [0.25, 0.3) is 0 Å². The summed E-state index contributed by atoms with van der Waals surface area (Å²) in [5.74, 6) is 0.954. The van der Waals surface area contributed by atoms with E-state index in [2.05, 4.69) is 17.1 Å². The van der Waals surface area contributed by atoms with Gasteiger partial charge in [-0.05, 0) is 58.2 Å². The second-order valence-corrected chi connectivity index (χ2v) is 5.81. The fraction of sp³-hybridized carbons (Fsp3) is 1.00. The summed E-state index contributed by atoms with van der Waals surface area (Å²) >= 11 is 0. The van der Waals surface area contributed by atoms with Gasteiger partial charge in [-0.1, -0.05) is 19.3 Å². The first-order chi connectivity index (χ1) is 7.84. The Hall–Kier alpha value is -0.0800. The lowest BCUT2D eigenvalue weighted by Gasteiger charge is -2.33. The zero-order valence-corrected chi connectivity index (χ0v) is 10.9. The molecule has 2 saturated heterocycles. The summed E-state index contributed by atoms with van der Waals surface area (Å²) in [4.78, 5) is 2.74. The van der Waals surface area contributed by atoms with Crippen molar-refractivity contribution < 1.29 is 0 Å². The van der Waals surface area contributed by atoms with Crippen molar-refractivity contribution in [2.24, 2.45) is 5.92 Å². The Morgan fingerprint density at radius 1 is 1.06 bits per heavy atom. The molecule has 0 bridgehead atoms. The number of piperidine rings is 1. The maximum Gasteiger partial charge on any atom is 0.00418 e. The van der Waals surface area contributed by atoms with E-state index in [4.69, 9.17) is 0 Å². The van der Waals surface area contributed by atoms with Gasteiger partial charge in [0, 0.05) is 12.6 Å². The molecule has 2 rings (SSSR count). The second-order valence-electron chi connectivity index (χ2n) is 5.81. The van der Waals surface area contributed by atoms with E-state index in [1.54, 1.807) is 0 Å². The van der Waals surface area contributed by atoms with E-state index in [-0.39, 0.29) is 0 Å². The summed E-state index contributed by atoms with van der Waals surface area (Å²) in [6.45, 7) is 7.65. The van der Waals surface area contributed by atoms with Gasteiger partial charge in [0.15, 0.2) is 0 Å². The van der Waals surface area contributed by atoms with Crippen molar-refractivity contribution in [3.63, 3.8) is 0 Å². The lowest BCUT2D eigenvalue weighted by Crippen LogP contribution is -2.41. The van der Waals surface area contributed by atoms with Gasteiger partial charge in [-0.2, -0.15) is 0 Å². The molecule has 0 aromatic carbocycles. The van der Waals surface area contributed by atoms with Crippen LogP contribution in [0.4, 0.5) is 0 Å². The molecular weight excluding hydrogens is 196 g/mol. The first-order valence-electron chi connectivity index (χ1n) is 7.30. The first kappa shape index (κ1) is 12.4. The predicted octanol–water partition coefficient (Wildman–Crippen LogP) is 2.64. The highest BCUT2D eigenvalue weighted by Crippen LogP contribution is 2.19. The van der Waals surface area contributed by atoms with E-state index in [1.807, 2.05) is 0 Å². The summed E-state index contributed by atoms with van der Waals surface area (Å²) in [6.07, 6.45) is 10.0. The van der Waals surface area contributed by atoms with Crippen molar-refractivity contribution in [3.8, 4) is 0 Å². The highest BCUT2D eigenvalue weighted by atomic mass is 15.1. The van der Waals surface area contributed by atoms with Crippen LogP contribution in [-0.4, -0.2) is 37.1 Å². The largest absolute Gasteiger partial charge is 0.314 e. The monoisotopic (exact) mass is 224 g/mol. The summed E-state index contributed by atoms with van der Waals surface area (Å²) in [7, 11) is 0. The molecule has 0 aromatic rings. The molecule has 94 valence electrons. The average Bonchev–Trinajstić information content (AvgIpc) is 2.22. The maximum atomic E-state index is 3.55. The van der Waals surface area contributed by atoms with Gasteiger partial charge in [0.05, 0.1) is 0 Å². The molecule has 1 N–H and O–H groups in total. The molecule has 2 unspecified atom stereocenters. The average molecular weight is 224 g/mol. The molecule has 0 radical (unpaired) electrons. The van der Waals surface area contributed by atoms with Gasteiger partial charge < -0.3 is 10.2 Å². The van der Waals surface area contributed by atoms with Crippen LogP contribution < -0.4 is 5.32 Å². The predicted molar refractivity (Wildman–Crippen MR) is 69.7 cm³/mol. The molecule has 2 aliphatic rings. The molecule has 2 fully saturated rings. The number of hydrogen-bond donors (Lipinski definition) is 1. The zero-order valence-electron chi connectivity index (χ0n) is 10.9. The quantitative estimate of drug-likeness (QED) is 0.776. The van der Waals surface area contributed by atoms with Crippen molar-refractivity contribution in [2.75, 3.05) is 26.2 Å². The Bertz CT molecular complexity index is 185. The molecule has 0 spiro atoms. The second kappa shape index (κ2) is 6.61. The Labute approximate surface area is 101 Å². The van der Waals surface area contributed by atoms with Crippen molar-refractivity contribution in [1.29, 1.82) is 0 Å². The Kier molecular flexibility index (Phi) is 5.11. The van der Waals surface area contributed by atoms with Gasteiger partial charge in [0.1, 0.15) is 0 Å². The Morgan fingerprint density at radius 2 is 1.75 bits per heavy atom. The minimum atomic E-state index is 0.744. The fourth-order valence-corrected chi connectivity index (χ4v) is 3.26. The summed E-state index contributed by atoms with van der Waals surface area (Å²) < 4.78 is 0. The van der Waals surface area contributed by atoms with Crippen molar-refractivity contribution in [3.05, 3.63) is 0 Å². The number of nitrogens with zero attached hydrogens (tertiary/aromatic N) is 1. The van der Waals surface area contributed by atoms with Crippen LogP contribution in [0, 0.1) is 5.92 Å². The maximum absolute atomic E-state index is 3.55. The topological polar surface area (TPSA) is 15.3 Å². The molecule has 2 heterocycles. The van der Waals surface area contributed by atoms with Gasteiger partial charge in [0.25, 0.3) is 0 Å². The molecule has 0 saturated carbocycles. The van der Waals surface area contributed by atoms with Crippen LogP contribution >= 0.6 is 0 Å². The Morgan fingerprint density at radius 3 is 2.44 bits per heavy atom. The van der Waals surface area contributed by atoms with E-state index < -0.39 is 0 Å². The van der Waals surface area contributed by atoms with Crippen molar-refractivity contribution in [2.45, 2.75) is 57.9 Å². The molecule has 16 heavy (non-hydrogen) atoms. The number of nitrogens with one attached hydrogen (secondary N) is 1. The van der Waals surface area contributed by atoms with E-state index in [1.165, 1.54) is 71.1 Å². The molecule has 2 heteroatoms. The minimum Gasteiger partial charge on any atom is -0.314 e. The van der Waals surface area contributed by atoms with E-state index in [0.717, 1.165) is 12.0 Å². The number of hydrogen-bond acceptors (Lipinski definition) is 2. The normalized spacial score (nSPS) is 34.3. The van der Waals surface area contributed by atoms with Crippen molar-refractivity contribution in [1.82, 2.24) is 10.2 Å². The SMILES string of the molecule is CC1CC(CN2CCCCCCC2)CCN1. The third kappa shape index (κ3) is 4.06. The molecule has 0 aromatic heterocycles. The zero-order chi connectivity index (χ0) is 11.2. The van der Waals surface area contributed by atoms with Gasteiger partial charge >= 0.3 is 0 Å². The molecule has 0 aliphatic carbocycles. The van der Waals surface area contributed by atoms with Crippen LogP contribution in [-0.2, 0) is 0 Å². The third-order valence-corrected chi connectivity index (χ3v) is 4.20. The smallest absolute Gasteiger partial charge is 0.00418 e. The number of likely N-dealkylation sites (tertiary alicyclic amines) is 1. The van der Waals surface area contributed by atoms with E-state index >= 15 is 0 Å². The van der Waals surface area contributed by atoms with Crippen LogP contribution in [0.1, 0.15) is 51.9 Å². The molecule has 2 nitrogen and oxygen atoms in total. The summed E-state index contributed by atoms with van der Waals surface area (Å²) in [5, 5.41) is 3.55. The van der Waals surface area contributed by atoms with E-state index in [0.29, 0.717) is 0 Å². The third-order valence-electron chi connectivity index (χ3n) is 4.20. The Balaban J connectivity index is 1.73. The van der Waals surface area contributed by atoms with Gasteiger partial charge in [0.2, 0.25) is 0 Å². The van der Waals surface area contributed by atoms with Gasteiger partial charge in [-0.25, -0.2) is 0 Å². The van der Waals surface area contributed by atoms with Crippen LogP contribution in [0.5, 0.6) is 0 Å². The first-order valence-corrected chi connectivity index (χ1v) is 7.30. The molecule has 2 atom stereocenters. The molecule has 2 aliphatic heterocycles. The van der Waals surface area contributed by atoms with Gasteiger partial charge in [-0.3, -0.25) is 0 Å². The summed E-state index contributed by atoms with van der Waals surface area (Å²) in [6, 6.07) is 0.744. The lowest BCUT2D eigenvalue weighted by molar-refractivity contribution is 0.179. The highest BCUT2D eigenvalue weighted by molar-refractivity contribution is 4.78. The minimum absolute atomic E-state index is 0.744. The lowest BCUT2D eigenvalue weighted by atomic mass is 9.92. The number of rotatable bonds is 2. The van der Waals surface area contributed by atoms with Gasteiger partial charge in [-0.15, -0.1) is 0 Å². The van der Waals surface area contributed by atoms with Crippen molar-refractivity contribution >= 4 is 0 Å². The fourth-order valence-electron chi connectivity index (χ4n) is 3.26.